The van der Waals surface area contributed by atoms with Crippen molar-refractivity contribution < 1.29 is 19.6 Å². The number of benzene rings is 6. The third-order valence-corrected chi connectivity index (χ3v) is 7.34. The Bertz CT molecular complexity index is 2170. The second kappa shape index (κ2) is 9.86. The molecule has 0 bridgehead atoms. The van der Waals surface area contributed by atoms with Crippen LogP contribution in [0, 0.1) is 37.3 Å². The van der Waals surface area contributed by atoms with Gasteiger partial charge in [-0.05, 0) is 57.4 Å². The molecule has 0 N–H and O–H groups in total. The van der Waals surface area contributed by atoms with E-state index in [2.05, 4.69) is 73.7 Å². The topological polar surface area (TPSA) is 146 Å². The Balaban J connectivity index is 0.000000153. The number of non-ortho nitro benzene ring substituents is 2. The lowest BCUT2D eigenvalue weighted by molar-refractivity contribution is -0.393. The Hall–Kier alpha value is -6.03. The number of carbonyl (C=O) groups is 1. The van der Waals surface area contributed by atoms with Crippen LogP contribution in [0.15, 0.2) is 97.1 Å². The summed E-state index contributed by atoms with van der Waals surface area (Å²) in [5.74, 6) is -0.717. The summed E-state index contributed by atoms with van der Waals surface area (Å²) < 4.78 is 0. The summed E-state index contributed by atoms with van der Waals surface area (Å²) >= 11 is 0. The SMILES string of the molecule is Cc1ccc2ccc3cc4ccccc4cc3c2c1.O=C1c2cc([N+](=O)[O-])ccc2-c2c1cc([N+](=O)[O-])cc2[N+](=O)[O-]. The van der Waals surface area contributed by atoms with E-state index in [1.807, 2.05) is 0 Å². The molecule has 0 spiro atoms. The van der Waals surface area contributed by atoms with E-state index in [4.69, 9.17) is 0 Å². The molecule has 0 radical (unpaired) electrons. The molecule has 0 amide bonds. The summed E-state index contributed by atoms with van der Waals surface area (Å²) in [4.78, 5) is 42.8. The van der Waals surface area contributed by atoms with E-state index in [0.717, 1.165) is 24.3 Å². The predicted octanol–water partition coefficient (Wildman–Crippen LogP) is 8.08. The highest BCUT2D eigenvalue weighted by Gasteiger charge is 2.36. The maximum absolute atomic E-state index is 12.3. The van der Waals surface area contributed by atoms with E-state index in [1.165, 1.54) is 43.9 Å². The fourth-order valence-electron chi connectivity index (χ4n) is 5.38. The first-order valence-electron chi connectivity index (χ1n) is 12.7. The number of carbonyl (C=O) groups excluding carboxylic acids is 1. The molecule has 7 rings (SSSR count). The van der Waals surface area contributed by atoms with Crippen LogP contribution in [0.1, 0.15) is 21.5 Å². The maximum atomic E-state index is 12.3. The zero-order valence-corrected chi connectivity index (χ0v) is 21.9. The zero-order chi connectivity index (χ0) is 29.7. The van der Waals surface area contributed by atoms with Gasteiger partial charge in [0.2, 0.25) is 0 Å². The number of aryl methyl sites for hydroxylation is 1. The summed E-state index contributed by atoms with van der Waals surface area (Å²) in [6.07, 6.45) is 0. The molecule has 0 heterocycles. The average Bonchev–Trinajstić information content (AvgIpc) is 3.26. The van der Waals surface area contributed by atoms with Crippen molar-refractivity contribution in [1.82, 2.24) is 0 Å². The van der Waals surface area contributed by atoms with E-state index in [0.29, 0.717) is 0 Å². The van der Waals surface area contributed by atoms with Crippen LogP contribution in [0.5, 0.6) is 0 Å². The summed E-state index contributed by atoms with van der Waals surface area (Å²) in [7, 11) is 0. The standard InChI is InChI=1S/C19H14.C13H5N3O7/c1-13-6-7-14-8-9-17-11-15-4-2-3-5-16(15)12-19(17)18(14)10-13;17-13-9-3-6(14(18)19)1-2-8(9)12-10(13)4-7(15(20)21)5-11(12)16(22)23/h2-12H,1H3;1-5H. The lowest BCUT2D eigenvalue weighted by atomic mass is 9.97. The Morgan fingerprint density at radius 2 is 1.14 bits per heavy atom. The Morgan fingerprint density at radius 1 is 0.524 bits per heavy atom. The van der Waals surface area contributed by atoms with Gasteiger partial charge in [0.1, 0.15) is 0 Å². The van der Waals surface area contributed by atoms with Gasteiger partial charge in [-0.3, -0.25) is 35.1 Å². The quantitative estimate of drug-likeness (QED) is 0.0923. The van der Waals surface area contributed by atoms with Crippen molar-refractivity contribution in [2.24, 2.45) is 0 Å². The minimum Gasteiger partial charge on any atom is -0.289 e. The van der Waals surface area contributed by atoms with Gasteiger partial charge in [-0.1, -0.05) is 60.2 Å². The minimum atomic E-state index is -0.841. The number of rotatable bonds is 3. The lowest BCUT2D eigenvalue weighted by Gasteiger charge is -2.07. The number of hydrogen-bond donors (Lipinski definition) is 0. The molecule has 1 aliphatic rings. The second-order valence-corrected chi connectivity index (χ2v) is 9.93. The molecule has 10 heteroatoms. The van der Waals surface area contributed by atoms with Crippen molar-refractivity contribution in [3.05, 3.63) is 144 Å². The molecule has 0 aromatic heterocycles. The minimum absolute atomic E-state index is 0.0597. The average molecular weight is 558 g/mol. The van der Waals surface area contributed by atoms with E-state index in [1.54, 1.807) is 0 Å². The van der Waals surface area contributed by atoms with Crippen LogP contribution in [0.25, 0.3) is 43.4 Å². The number of fused-ring (bicyclic) bond motifs is 7. The van der Waals surface area contributed by atoms with Gasteiger partial charge in [-0.25, -0.2) is 0 Å². The van der Waals surface area contributed by atoms with Crippen molar-refractivity contribution in [1.29, 1.82) is 0 Å². The highest BCUT2D eigenvalue weighted by atomic mass is 16.6. The lowest BCUT2D eigenvalue weighted by Crippen LogP contribution is -2.00. The largest absolute Gasteiger partial charge is 0.289 e. The van der Waals surface area contributed by atoms with Crippen LogP contribution < -0.4 is 0 Å². The third-order valence-electron chi connectivity index (χ3n) is 7.34. The zero-order valence-electron chi connectivity index (χ0n) is 21.9. The molecule has 0 fully saturated rings. The van der Waals surface area contributed by atoms with E-state index >= 15 is 0 Å². The number of nitrogens with zero attached hydrogens (tertiary/aromatic N) is 3. The molecule has 204 valence electrons. The maximum Gasteiger partial charge on any atom is 0.284 e. The van der Waals surface area contributed by atoms with Crippen LogP contribution in [0.4, 0.5) is 17.1 Å². The first-order chi connectivity index (χ1) is 20.1. The van der Waals surface area contributed by atoms with Crippen molar-refractivity contribution in [2.45, 2.75) is 6.92 Å². The third kappa shape index (κ3) is 4.37. The van der Waals surface area contributed by atoms with Gasteiger partial charge in [0.15, 0.2) is 5.78 Å². The van der Waals surface area contributed by atoms with E-state index in [-0.39, 0.29) is 27.9 Å². The van der Waals surface area contributed by atoms with Crippen molar-refractivity contribution in [2.75, 3.05) is 0 Å². The molecule has 6 aromatic carbocycles. The van der Waals surface area contributed by atoms with E-state index in [9.17, 15) is 35.1 Å². The van der Waals surface area contributed by atoms with Gasteiger partial charge < -0.3 is 0 Å². The molecule has 0 unspecified atom stereocenters. The first kappa shape index (κ1) is 26.2. The van der Waals surface area contributed by atoms with Gasteiger partial charge in [0.05, 0.1) is 26.4 Å². The molecular formula is C32H19N3O7. The second-order valence-electron chi connectivity index (χ2n) is 9.93. The fourth-order valence-corrected chi connectivity index (χ4v) is 5.38. The smallest absolute Gasteiger partial charge is 0.284 e. The van der Waals surface area contributed by atoms with Crippen LogP contribution in [-0.2, 0) is 0 Å². The summed E-state index contributed by atoms with van der Waals surface area (Å²) in [5.41, 5.74) is -0.414. The summed E-state index contributed by atoms with van der Waals surface area (Å²) in [6.45, 7) is 2.15. The molecule has 10 nitrogen and oxygen atoms in total. The molecule has 0 atom stereocenters. The molecule has 0 saturated heterocycles. The fraction of sp³-hybridized carbons (Fsp3) is 0.0312. The number of nitro benzene ring substituents is 3. The van der Waals surface area contributed by atoms with Gasteiger partial charge in [0.25, 0.3) is 17.1 Å². The normalized spacial score (nSPS) is 11.6. The summed E-state index contributed by atoms with van der Waals surface area (Å²) in [5, 5.41) is 40.8. The number of nitro groups is 3. The number of ketones is 1. The van der Waals surface area contributed by atoms with Gasteiger partial charge in [0, 0.05) is 34.9 Å². The monoisotopic (exact) mass is 557 g/mol. The predicted molar refractivity (Wildman–Crippen MR) is 159 cm³/mol. The van der Waals surface area contributed by atoms with Crippen LogP contribution in [0.3, 0.4) is 0 Å². The molecule has 6 aromatic rings. The first-order valence-corrected chi connectivity index (χ1v) is 12.7. The van der Waals surface area contributed by atoms with Crippen molar-refractivity contribution in [3.8, 4) is 11.1 Å². The van der Waals surface area contributed by atoms with E-state index < -0.39 is 31.9 Å². The number of hydrogen-bond acceptors (Lipinski definition) is 7. The van der Waals surface area contributed by atoms with Crippen LogP contribution in [0.2, 0.25) is 0 Å². The molecule has 1 aliphatic carbocycles. The molecule has 0 saturated carbocycles. The van der Waals surface area contributed by atoms with Crippen molar-refractivity contribution in [3.63, 3.8) is 0 Å². The molecule has 0 aliphatic heterocycles. The van der Waals surface area contributed by atoms with Crippen LogP contribution >= 0.6 is 0 Å². The molecular weight excluding hydrogens is 538 g/mol. The van der Waals surface area contributed by atoms with Crippen molar-refractivity contribution >= 4 is 55.2 Å². The van der Waals surface area contributed by atoms with Crippen LogP contribution in [-0.4, -0.2) is 20.6 Å². The highest BCUT2D eigenvalue weighted by Crippen LogP contribution is 2.45. The van der Waals surface area contributed by atoms with Gasteiger partial charge in [-0.2, -0.15) is 0 Å². The Morgan fingerprint density at radius 3 is 1.83 bits per heavy atom. The van der Waals surface area contributed by atoms with Gasteiger partial charge in [-0.15, -0.1) is 0 Å². The highest BCUT2D eigenvalue weighted by molar-refractivity contribution is 6.23. The van der Waals surface area contributed by atoms with Gasteiger partial charge >= 0.3 is 0 Å². The Labute approximate surface area is 236 Å². The molecule has 42 heavy (non-hydrogen) atoms. The summed E-state index contributed by atoms with van der Waals surface area (Å²) in [6, 6.07) is 29.3. The Kier molecular flexibility index (Phi) is 6.15.